The number of hydrogen-bond donors (Lipinski definition) is 1. The van der Waals surface area contributed by atoms with Gasteiger partial charge in [0.15, 0.2) is 0 Å². The Kier molecular flexibility index (Phi) is 4.19. The van der Waals surface area contributed by atoms with E-state index in [1.807, 2.05) is 0 Å². The molecule has 1 heterocycles. The molecule has 0 spiro atoms. The van der Waals surface area contributed by atoms with E-state index in [0.717, 1.165) is 6.54 Å². The monoisotopic (exact) mass is 232 g/mol. The molecular weight excluding hydrogens is 208 g/mol. The Morgan fingerprint density at radius 2 is 1.88 bits per heavy atom. The van der Waals surface area contributed by atoms with Gasteiger partial charge in [0.05, 0.1) is 0 Å². The van der Waals surface area contributed by atoms with Crippen LogP contribution in [0.3, 0.4) is 0 Å². The first-order valence-electron chi connectivity index (χ1n) is 6.67. The van der Waals surface area contributed by atoms with Gasteiger partial charge in [0.2, 0.25) is 0 Å². The maximum atomic E-state index is 3.45. The van der Waals surface area contributed by atoms with Crippen LogP contribution in [0.15, 0.2) is 18.2 Å². The zero-order valence-corrected chi connectivity index (χ0v) is 11.3. The molecule has 2 heteroatoms. The Hall–Kier alpha value is -0.860. The fourth-order valence-electron chi connectivity index (χ4n) is 2.57. The van der Waals surface area contributed by atoms with Crippen LogP contribution in [-0.4, -0.2) is 31.6 Å². The maximum absolute atomic E-state index is 3.45. The molecule has 1 atom stereocenters. The van der Waals surface area contributed by atoms with Gasteiger partial charge in [-0.25, -0.2) is 0 Å². The van der Waals surface area contributed by atoms with Crippen molar-refractivity contribution in [3.05, 3.63) is 34.9 Å². The smallest absolute Gasteiger partial charge is 0.0446 e. The first kappa shape index (κ1) is 12.6. The average Bonchev–Trinajstić information content (AvgIpc) is 2.82. The van der Waals surface area contributed by atoms with Crippen molar-refractivity contribution < 1.29 is 0 Å². The lowest BCUT2D eigenvalue weighted by Crippen LogP contribution is -2.31. The number of hydrogen-bond acceptors (Lipinski definition) is 2. The topological polar surface area (TPSA) is 15.3 Å². The van der Waals surface area contributed by atoms with Gasteiger partial charge in [-0.3, -0.25) is 0 Å². The molecule has 1 fully saturated rings. The number of benzene rings is 1. The number of nitrogens with zero attached hydrogens (tertiary/aromatic N) is 1. The summed E-state index contributed by atoms with van der Waals surface area (Å²) in [7, 11) is 2.07. The lowest BCUT2D eigenvalue weighted by Gasteiger charge is -2.24. The van der Waals surface area contributed by atoms with Gasteiger partial charge in [-0.05, 0) is 63.5 Å². The first-order chi connectivity index (χ1) is 8.20. The summed E-state index contributed by atoms with van der Waals surface area (Å²) in [5.74, 6) is 0. The quantitative estimate of drug-likeness (QED) is 0.858. The Morgan fingerprint density at radius 3 is 2.47 bits per heavy atom. The van der Waals surface area contributed by atoms with Crippen LogP contribution in [0.1, 0.15) is 35.6 Å². The second-order valence-electron chi connectivity index (χ2n) is 5.19. The van der Waals surface area contributed by atoms with Crippen molar-refractivity contribution in [2.45, 2.75) is 32.7 Å². The molecule has 2 rings (SSSR count). The van der Waals surface area contributed by atoms with Gasteiger partial charge in [-0.2, -0.15) is 0 Å². The second kappa shape index (κ2) is 5.65. The van der Waals surface area contributed by atoms with Crippen LogP contribution in [0, 0.1) is 13.8 Å². The van der Waals surface area contributed by atoms with Gasteiger partial charge in [0.25, 0.3) is 0 Å². The van der Waals surface area contributed by atoms with Crippen LogP contribution in [0.5, 0.6) is 0 Å². The van der Waals surface area contributed by atoms with E-state index < -0.39 is 0 Å². The highest BCUT2D eigenvalue weighted by Crippen LogP contribution is 2.19. The minimum atomic E-state index is 0.465. The lowest BCUT2D eigenvalue weighted by molar-refractivity contribution is 0.299. The molecule has 1 aromatic rings. The predicted octanol–water partition coefficient (Wildman–Crippen LogP) is 2.66. The van der Waals surface area contributed by atoms with E-state index in [-0.39, 0.29) is 0 Å². The lowest BCUT2D eigenvalue weighted by atomic mass is 10.0. The number of aryl methyl sites for hydroxylation is 2. The third kappa shape index (κ3) is 3.08. The molecule has 1 aliphatic heterocycles. The zero-order chi connectivity index (χ0) is 12.3. The highest BCUT2D eigenvalue weighted by Gasteiger charge is 2.17. The van der Waals surface area contributed by atoms with Gasteiger partial charge in [-0.1, -0.05) is 18.2 Å². The summed E-state index contributed by atoms with van der Waals surface area (Å²) in [5, 5.41) is 3.45. The maximum Gasteiger partial charge on any atom is 0.0446 e. The molecule has 17 heavy (non-hydrogen) atoms. The van der Waals surface area contributed by atoms with Gasteiger partial charge >= 0.3 is 0 Å². The Bertz CT molecular complexity index is 367. The molecule has 94 valence electrons. The number of nitrogens with one attached hydrogen (secondary N) is 1. The van der Waals surface area contributed by atoms with Crippen molar-refractivity contribution in [2.75, 3.05) is 26.7 Å². The summed E-state index contributed by atoms with van der Waals surface area (Å²) < 4.78 is 0. The summed E-state index contributed by atoms with van der Waals surface area (Å²) in [4.78, 5) is 2.57. The van der Waals surface area contributed by atoms with Crippen molar-refractivity contribution in [3.8, 4) is 0 Å². The highest BCUT2D eigenvalue weighted by molar-refractivity contribution is 5.31. The molecular formula is C15H24N2. The third-order valence-corrected chi connectivity index (χ3v) is 3.92. The van der Waals surface area contributed by atoms with Crippen LogP contribution < -0.4 is 5.32 Å². The molecule has 0 radical (unpaired) electrons. The van der Waals surface area contributed by atoms with E-state index in [1.165, 1.54) is 42.6 Å². The molecule has 1 aromatic carbocycles. The zero-order valence-electron chi connectivity index (χ0n) is 11.3. The number of rotatable bonds is 4. The fourth-order valence-corrected chi connectivity index (χ4v) is 2.57. The Morgan fingerprint density at radius 1 is 1.18 bits per heavy atom. The molecule has 1 aliphatic rings. The molecule has 0 aliphatic carbocycles. The summed E-state index contributed by atoms with van der Waals surface area (Å²) in [6, 6.07) is 7.29. The molecule has 1 N–H and O–H groups in total. The normalized spacial score (nSPS) is 18.5. The van der Waals surface area contributed by atoms with Gasteiger partial charge in [-0.15, -0.1) is 0 Å². The van der Waals surface area contributed by atoms with Gasteiger partial charge in [0, 0.05) is 12.6 Å². The van der Waals surface area contributed by atoms with Crippen LogP contribution in [0.2, 0.25) is 0 Å². The van der Waals surface area contributed by atoms with E-state index in [1.54, 1.807) is 0 Å². The van der Waals surface area contributed by atoms with E-state index in [9.17, 15) is 0 Å². The van der Waals surface area contributed by atoms with Crippen LogP contribution in [0.25, 0.3) is 0 Å². The average molecular weight is 232 g/mol. The van der Waals surface area contributed by atoms with E-state index in [4.69, 9.17) is 0 Å². The number of likely N-dealkylation sites (N-methyl/N-ethyl adjacent to an activating group) is 1. The molecule has 1 saturated heterocycles. The minimum Gasteiger partial charge on any atom is -0.312 e. The SMILES string of the molecule is CNC(CN1CCCC1)c1ccc(C)c(C)c1. The highest BCUT2D eigenvalue weighted by atomic mass is 15.2. The van der Waals surface area contributed by atoms with E-state index >= 15 is 0 Å². The summed E-state index contributed by atoms with van der Waals surface area (Å²) >= 11 is 0. The molecule has 2 nitrogen and oxygen atoms in total. The van der Waals surface area contributed by atoms with E-state index in [0.29, 0.717) is 6.04 Å². The number of likely N-dealkylation sites (tertiary alicyclic amines) is 1. The first-order valence-corrected chi connectivity index (χ1v) is 6.67. The van der Waals surface area contributed by atoms with Crippen LogP contribution in [0.4, 0.5) is 0 Å². The third-order valence-electron chi connectivity index (χ3n) is 3.92. The van der Waals surface area contributed by atoms with Gasteiger partial charge in [0.1, 0.15) is 0 Å². The summed E-state index contributed by atoms with van der Waals surface area (Å²) in [6.07, 6.45) is 2.73. The van der Waals surface area contributed by atoms with Crippen molar-refractivity contribution in [3.63, 3.8) is 0 Å². The standard InChI is InChI=1S/C15H24N2/c1-12-6-7-14(10-13(12)2)15(16-3)11-17-8-4-5-9-17/h6-7,10,15-16H,4-5,8-9,11H2,1-3H3. The van der Waals surface area contributed by atoms with Gasteiger partial charge < -0.3 is 10.2 Å². The summed E-state index contributed by atoms with van der Waals surface area (Å²) in [5.41, 5.74) is 4.19. The Balaban J connectivity index is 2.08. The van der Waals surface area contributed by atoms with Crippen molar-refractivity contribution in [1.29, 1.82) is 0 Å². The van der Waals surface area contributed by atoms with Crippen molar-refractivity contribution in [1.82, 2.24) is 10.2 Å². The second-order valence-corrected chi connectivity index (χ2v) is 5.19. The molecule has 0 aromatic heterocycles. The summed E-state index contributed by atoms with van der Waals surface area (Å²) in [6.45, 7) is 8.04. The van der Waals surface area contributed by atoms with Crippen molar-refractivity contribution >= 4 is 0 Å². The van der Waals surface area contributed by atoms with Crippen LogP contribution >= 0.6 is 0 Å². The largest absolute Gasteiger partial charge is 0.312 e. The fraction of sp³-hybridized carbons (Fsp3) is 0.600. The molecule has 0 amide bonds. The molecule has 0 saturated carbocycles. The molecule has 0 bridgehead atoms. The van der Waals surface area contributed by atoms with Crippen molar-refractivity contribution in [2.24, 2.45) is 0 Å². The predicted molar refractivity (Wildman–Crippen MR) is 73.4 cm³/mol. The van der Waals surface area contributed by atoms with E-state index in [2.05, 4.69) is 49.3 Å². The molecule has 1 unspecified atom stereocenters. The minimum absolute atomic E-state index is 0.465. The van der Waals surface area contributed by atoms with Crippen LogP contribution in [-0.2, 0) is 0 Å². The Labute approximate surface area is 105 Å².